The van der Waals surface area contributed by atoms with Crippen LogP contribution in [0.2, 0.25) is 0 Å². The molecule has 3 atom stereocenters. The molecular weight excluding hydrogens is 246 g/mol. The first-order valence-electron chi connectivity index (χ1n) is 6.74. The number of methoxy groups -OCH3 is 1. The lowest BCUT2D eigenvalue weighted by Gasteiger charge is -2.20. The van der Waals surface area contributed by atoms with Gasteiger partial charge in [0.2, 0.25) is 11.9 Å². The summed E-state index contributed by atoms with van der Waals surface area (Å²) in [4.78, 5) is 12.7. The van der Waals surface area contributed by atoms with Gasteiger partial charge in [0.05, 0.1) is 25.4 Å². The van der Waals surface area contributed by atoms with E-state index in [9.17, 15) is 0 Å². The molecule has 3 heterocycles. The summed E-state index contributed by atoms with van der Waals surface area (Å²) in [6, 6.07) is 0.609. The standard InChI is InChI=1S/C12H19N5O2/c1-3-13-10-15-11(17-12(16-10)18-2)14-8-6-7-4-5-9(8)19-7/h7-9H,3-6H2,1-2H3,(H2,13,14,15,16,17). The van der Waals surface area contributed by atoms with Gasteiger partial charge in [-0.2, -0.15) is 15.0 Å². The van der Waals surface area contributed by atoms with Crippen LogP contribution in [-0.4, -0.2) is 46.9 Å². The smallest absolute Gasteiger partial charge is 0.322 e. The third-order valence-corrected chi connectivity index (χ3v) is 3.55. The predicted molar refractivity (Wildman–Crippen MR) is 70.5 cm³/mol. The zero-order valence-electron chi connectivity index (χ0n) is 11.2. The van der Waals surface area contributed by atoms with E-state index in [1.807, 2.05) is 6.92 Å². The number of nitrogens with zero attached hydrogens (tertiary/aromatic N) is 3. The number of hydrogen-bond acceptors (Lipinski definition) is 7. The molecule has 2 aliphatic heterocycles. The van der Waals surface area contributed by atoms with E-state index in [1.54, 1.807) is 7.11 Å². The van der Waals surface area contributed by atoms with E-state index in [0.717, 1.165) is 19.4 Å². The van der Waals surface area contributed by atoms with E-state index in [0.29, 0.717) is 30.1 Å². The highest BCUT2D eigenvalue weighted by Crippen LogP contribution is 2.35. The molecule has 0 aromatic carbocycles. The van der Waals surface area contributed by atoms with Crippen LogP contribution >= 0.6 is 0 Å². The van der Waals surface area contributed by atoms with Gasteiger partial charge in [-0.3, -0.25) is 0 Å². The van der Waals surface area contributed by atoms with Crippen molar-refractivity contribution in [2.45, 2.75) is 44.4 Å². The largest absolute Gasteiger partial charge is 0.467 e. The molecule has 2 N–H and O–H groups in total. The summed E-state index contributed by atoms with van der Waals surface area (Å²) in [5.74, 6) is 1.07. The number of hydrogen-bond donors (Lipinski definition) is 2. The second-order valence-electron chi connectivity index (χ2n) is 4.86. The lowest BCUT2D eigenvalue weighted by atomic mass is 9.96. The SMILES string of the molecule is CCNc1nc(NC2CC3CCC2O3)nc(OC)n1. The Morgan fingerprint density at radius 1 is 1.26 bits per heavy atom. The summed E-state index contributed by atoms with van der Waals surface area (Å²) in [5, 5.41) is 6.41. The van der Waals surface area contributed by atoms with Gasteiger partial charge in [0.25, 0.3) is 0 Å². The fourth-order valence-electron chi connectivity index (χ4n) is 2.71. The number of anilines is 2. The first-order chi connectivity index (χ1) is 9.28. The number of ether oxygens (including phenoxy) is 2. The van der Waals surface area contributed by atoms with Crippen LogP contribution in [0.3, 0.4) is 0 Å². The second kappa shape index (κ2) is 5.16. The van der Waals surface area contributed by atoms with Gasteiger partial charge in [0.1, 0.15) is 0 Å². The summed E-state index contributed by atoms with van der Waals surface area (Å²) < 4.78 is 10.9. The molecule has 2 bridgehead atoms. The molecule has 3 rings (SSSR count). The van der Waals surface area contributed by atoms with Crippen LogP contribution in [0.1, 0.15) is 26.2 Å². The molecule has 0 radical (unpaired) electrons. The molecule has 19 heavy (non-hydrogen) atoms. The third-order valence-electron chi connectivity index (χ3n) is 3.55. The molecule has 2 fully saturated rings. The van der Waals surface area contributed by atoms with Crippen LogP contribution in [0.25, 0.3) is 0 Å². The molecular formula is C12H19N5O2. The van der Waals surface area contributed by atoms with E-state index in [-0.39, 0.29) is 6.10 Å². The maximum atomic E-state index is 5.81. The normalized spacial score (nSPS) is 28.4. The van der Waals surface area contributed by atoms with E-state index < -0.39 is 0 Å². The summed E-state index contributed by atoms with van der Waals surface area (Å²) in [6.07, 6.45) is 4.00. The van der Waals surface area contributed by atoms with Crippen LogP contribution in [0.15, 0.2) is 0 Å². The Balaban J connectivity index is 1.74. The molecule has 2 saturated heterocycles. The highest BCUT2D eigenvalue weighted by molar-refractivity contribution is 5.37. The minimum absolute atomic E-state index is 0.287. The van der Waals surface area contributed by atoms with Gasteiger partial charge in [-0.15, -0.1) is 0 Å². The molecule has 0 saturated carbocycles. The zero-order valence-corrected chi connectivity index (χ0v) is 11.2. The molecule has 104 valence electrons. The quantitative estimate of drug-likeness (QED) is 0.823. The van der Waals surface area contributed by atoms with Crippen molar-refractivity contribution >= 4 is 11.9 Å². The Kier molecular flexibility index (Phi) is 3.37. The first kappa shape index (κ1) is 12.4. The fraction of sp³-hybridized carbons (Fsp3) is 0.750. The van der Waals surface area contributed by atoms with E-state index in [2.05, 4.69) is 25.6 Å². The van der Waals surface area contributed by atoms with Crippen LogP contribution in [0, 0.1) is 0 Å². The first-order valence-corrected chi connectivity index (χ1v) is 6.74. The molecule has 3 unspecified atom stereocenters. The molecule has 7 heteroatoms. The van der Waals surface area contributed by atoms with Crippen LogP contribution < -0.4 is 15.4 Å². The summed E-state index contributed by atoms with van der Waals surface area (Å²) in [6.45, 7) is 2.75. The van der Waals surface area contributed by atoms with Crippen LogP contribution in [0.4, 0.5) is 11.9 Å². The maximum absolute atomic E-state index is 5.81. The van der Waals surface area contributed by atoms with Gasteiger partial charge in [-0.25, -0.2) is 0 Å². The Labute approximate surface area is 112 Å². The van der Waals surface area contributed by atoms with Gasteiger partial charge in [-0.05, 0) is 26.2 Å². The maximum Gasteiger partial charge on any atom is 0.322 e. The third kappa shape index (κ3) is 2.56. The van der Waals surface area contributed by atoms with Gasteiger partial charge < -0.3 is 20.1 Å². The molecule has 2 aliphatic rings. The monoisotopic (exact) mass is 265 g/mol. The van der Waals surface area contributed by atoms with Crippen molar-refractivity contribution < 1.29 is 9.47 Å². The fourth-order valence-corrected chi connectivity index (χ4v) is 2.71. The Morgan fingerprint density at radius 3 is 2.74 bits per heavy atom. The molecule has 7 nitrogen and oxygen atoms in total. The Morgan fingerprint density at radius 2 is 2.11 bits per heavy atom. The van der Waals surface area contributed by atoms with E-state index in [1.165, 1.54) is 6.42 Å². The van der Waals surface area contributed by atoms with Crippen molar-refractivity contribution in [3.8, 4) is 6.01 Å². The van der Waals surface area contributed by atoms with Crippen molar-refractivity contribution in [1.82, 2.24) is 15.0 Å². The van der Waals surface area contributed by atoms with Crippen LogP contribution in [0.5, 0.6) is 6.01 Å². The van der Waals surface area contributed by atoms with Crippen molar-refractivity contribution in [2.24, 2.45) is 0 Å². The number of rotatable bonds is 5. The van der Waals surface area contributed by atoms with Gasteiger partial charge in [0.15, 0.2) is 0 Å². The van der Waals surface area contributed by atoms with Gasteiger partial charge in [0, 0.05) is 6.54 Å². The molecule has 0 aliphatic carbocycles. The minimum atomic E-state index is 0.287. The van der Waals surface area contributed by atoms with Crippen LogP contribution in [-0.2, 0) is 4.74 Å². The molecule has 0 amide bonds. The average molecular weight is 265 g/mol. The molecule has 1 aromatic rings. The predicted octanol–water partition coefficient (Wildman–Crippen LogP) is 1.04. The van der Waals surface area contributed by atoms with Crippen molar-refractivity contribution in [3.05, 3.63) is 0 Å². The zero-order chi connectivity index (χ0) is 13.2. The topological polar surface area (TPSA) is 81.2 Å². The Hall–Kier alpha value is -1.63. The molecule has 0 spiro atoms. The lowest BCUT2D eigenvalue weighted by Crippen LogP contribution is -2.31. The highest BCUT2D eigenvalue weighted by atomic mass is 16.5. The minimum Gasteiger partial charge on any atom is -0.467 e. The number of aromatic nitrogens is 3. The lowest BCUT2D eigenvalue weighted by molar-refractivity contribution is 0.102. The average Bonchev–Trinajstić information content (AvgIpc) is 3.01. The van der Waals surface area contributed by atoms with Crippen molar-refractivity contribution in [2.75, 3.05) is 24.3 Å². The number of fused-ring (bicyclic) bond motifs is 2. The second-order valence-corrected chi connectivity index (χ2v) is 4.86. The summed E-state index contributed by atoms with van der Waals surface area (Å²) >= 11 is 0. The van der Waals surface area contributed by atoms with Crippen molar-refractivity contribution in [1.29, 1.82) is 0 Å². The van der Waals surface area contributed by atoms with E-state index in [4.69, 9.17) is 9.47 Å². The summed E-state index contributed by atoms with van der Waals surface area (Å²) in [5.41, 5.74) is 0. The number of nitrogens with one attached hydrogen (secondary N) is 2. The highest BCUT2D eigenvalue weighted by Gasteiger charge is 2.41. The molecule has 1 aromatic heterocycles. The Bertz CT molecular complexity index is 456. The van der Waals surface area contributed by atoms with Crippen molar-refractivity contribution in [3.63, 3.8) is 0 Å². The van der Waals surface area contributed by atoms with Gasteiger partial charge >= 0.3 is 6.01 Å². The van der Waals surface area contributed by atoms with E-state index >= 15 is 0 Å². The summed E-state index contributed by atoms with van der Waals surface area (Å²) in [7, 11) is 1.55. The van der Waals surface area contributed by atoms with Gasteiger partial charge in [-0.1, -0.05) is 0 Å².